The van der Waals surface area contributed by atoms with Gasteiger partial charge in [-0.25, -0.2) is 9.78 Å². The molecule has 0 bridgehead atoms. The van der Waals surface area contributed by atoms with Crippen molar-refractivity contribution in [3.8, 4) is 0 Å². The smallest absolute Gasteiger partial charge is 0.408 e. The maximum absolute atomic E-state index is 13.7. The summed E-state index contributed by atoms with van der Waals surface area (Å²) in [6.45, 7) is 14.6. The fraction of sp³-hybridized carbons (Fsp3) is 0.525. The van der Waals surface area contributed by atoms with E-state index in [9.17, 15) is 19.2 Å². The lowest BCUT2D eigenvalue weighted by atomic mass is 9.91. The average molecular weight is 717 g/mol. The Kier molecular flexibility index (Phi) is 14.0. The van der Waals surface area contributed by atoms with Crippen LogP contribution in [0.25, 0.3) is 0 Å². The van der Waals surface area contributed by atoms with E-state index in [1.165, 1.54) is 13.8 Å². The number of carbonyl (C=O) groups is 4. The number of amides is 4. The summed E-state index contributed by atoms with van der Waals surface area (Å²) in [5.41, 5.74) is -0.215. The number of aryl methyl sites for hydroxylation is 2. The van der Waals surface area contributed by atoms with Crippen LogP contribution in [0.15, 0.2) is 66.9 Å². The van der Waals surface area contributed by atoms with Crippen LogP contribution in [-0.2, 0) is 37.0 Å². The summed E-state index contributed by atoms with van der Waals surface area (Å²) >= 11 is 0. The molecule has 1 saturated heterocycles. The largest absolute Gasteiger partial charge is 0.444 e. The first kappa shape index (κ1) is 40.1. The van der Waals surface area contributed by atoms with E-state index in [4.69, 9.17) is 9.47 Å². The van der Waals surface area contributed by atoms with E-state index in [0.29, 0.717) is 30.5 Å². The topological polar surface area (TPSA) is 144 Å². The molecule has 0 radical (unpaired) electrons. The zero-order chi connectivity index (χ0) is 37.9. The van der Waals surface area contributed by atoms with Crippen molar-refractivity contribution < 1.29 is 28.7 Å². The molecule has 3 N–H and O–H groups in total. The van der Waals surface area contributed by atoms with Crippen LogP contribution in [0.3, 0.4) is 0 Å². The van der Waals surface area contributed by atoms with E-state index in [0.717, 1.165) is 43.5 Å². The van der Waals surface area contributed by atoms with E-state index in [-0.39, 0.29) is 25.0 Å². The van der Waals surface area contributed by atoms with Gasteiger partial charge in [0, 0.05) is 25.8 Å². The van der Waals surface area contributed by atoms with Crippen molar-refractivity contribution in [2.24, 2.45) is 5.92 Å². The van der Waals surface area contributed by atoms with Gasteiger partial charge in [0.25, 0.3) is 5.91 Å². The maximum Gasteiger partial charge on any atom is 0.408 e. The van der Waals surface area contributed by atoms with Crippen LogP contribution in [0.2, 0.25) is 0 Å². The molecule has 52 heavy (non-hydrogen) atoms. The molecule has 4 rings (SSSR count). The first-order chi connectivity index (χ1) is 24.6. The van der Waals surface area contributed by atoms with Gasteiger partial charge in [-0.2, -0.15) is 0 Å². The van der Waals surface area contributed by atoms with Crippen LogP contribution in [0.1, 0.15) is 90.1 Å². The standard InChI is InChI=1S/C40H56N6O6/c1-28-20-23-45(24-21-28)36(48)32(31-17-12-9-13-18-31)19-14-22-46-25-34(41-29(46)2)43-35(47)33(27-51-26-30-15-10-8-11-16-30)42-37(49)40(6,7)44-38(50)52-39(3,4)5/h8-13,15-18,25,28,32-33H,14,19-24,26-27H2,1-7H3,(H,42,49)(H,43,47)(H,44,50)/t32?,33-/m1/s1. The number of ether oxygens (including phenoxy) is 2. The molecule has 3 aromatic rings. The molecule has 0 saturated carbocycles. The highest BCUT2D eigenvalue weighted by atomic mass is 16.6. The molecule has 0 spiro atoms. The Morgan fingerprint density at radius 3 is 2.21 bits per heavy atom. The molecular formula is C40H56N6O6. The number of likely N-dealkylation sites (tertiary alicyclic amines) is 1. The Morgan fingerprint density at radius 1 is 0.942 bits per heavy atom. The number of piperidine rings is 1. The number of imidazole rings is 1. The molecule has 1 unspecified atom stereocenters. The van der Waals surface area contributed by atoms with Gasteiger partial charge in [0.1, 0.15) is 23.0 Å². The van der Waals surface area contributed by atoms with Gasteiger partial charge in [0.05, 0.1) is 19.1 Å². The van der Waals surface area contributed by atoms with Gasteiger partial charge >= 0.3 is 6.09 Å². The van der Waals surface area contributed by atoms with Crippen molar-refractivity contribution in [2.75, 3.05) is 25.0 Å². The monoisotopic (exact) mass is 716 g/mol. The van der Waals surface area contributed by atoms with Gasteiger partial charge in [0.2, 0.25) is 11.8 Å². The third kappa shape index (κ3) is 12.2. The van der Waals surface area contributed by atoms with Crippen molar-refractivity contribution >= 4 is 29.6 Å². The van der Waals surface area contributed by atoms with E-state index < -0.39 is 35.1 Å². The summed E-state index contributed by atoms with van der Waals surface area (Å²) in [6, 6.07) is 18.4. The molecule has 2 atom stereocenters. The van der Waals surface area contributed by atoms with Crippen molar-refractivity contribution in [3.05, 3.63) is 83.8 Å². The summed E-state index contributed by atoms with van der Waals surface area (Å²) in [4.78, 5) is 59.8. The molecule has 12 heteroatoms. The third-order valence-electron chi connectivity index (χ3n) is 9.11. The normalized spacial score (nSPS) is 15.0. The van der Waals surface area contributed by atoms with E-state index in [2.05, 4.69) is 27.9 Å². The molecule has 1 aromatic heterocycles. The third-order valence-corrected chi connectivity index (χ3v) is 9.11. The molecule has 282 valence electrons. The number of hydrogen-bond acceptors (Lipinski definition) is 7. The predicted octanol–water partition coefficient (Wildman–Crippen LogP) is 5.96. The molecule has 2 aromatic carbocycles. The highest BCUT2D eigenvalue weighted by Crippen LogP contribution is 2.27. The SMILES string of the molecule is Cc1nc(NC(=O)[C@@H](COCc2ccccc2)NC(=O)C(C)(C)NC(=O)OC(C)(C)C)cn1CCCC(C(=O)N1CCC(C)CC1)c1ccccc1. The summed E-state index contributed by atoms with van der Waals surface area (Å²) in [5, 5.41) is 8.15. The van der Waals surface area contributed by atoms with Gasteiger partial charge in [-0.05, 0) is 84.3 Å². The highest BCUT2D eigenvalue weighted by Gasteiger charge is 2.35. The minimum atomic E-state index is -1.40. The summed E-state index contributed by atoms with van der Waals surface area (Å²) in [6.07, 6.45) is 4.47. The number of carbonyl (C=O) groups excluding carboxylic acids is 4. The van der Waals surface area contributed by atoms with Crippen LogP contribution in [0.4, 0.5) is 10.6 Å². The molecule has 12 nitrogen and oxygen atoms in total. The summed E-state index contributed by atoms with van der Waals surface area (Å²) in [5.74, 6) is 0.502. The van der Waals surface area contributed by atoms with Crippen molar-refractivity contribution in [1.82, 2.24) is 25.1 Å². The second-order valence-electron chi connectivity index (χ2n) is 15.2. The minimum absolute atomic E-state index is 0.125. The van der Waals surface area contributed by atoms with Gasteiger partial charge < -0.3 is 34.9 Å². The Hall–Kier alpha value is -4.71. The fourth-order valence-electron chi connectivity index (χ4n) is 6.05. The van der Waals surface area contributed by atoms with Crippen LogP contribution < -0.4 is 16.0 Å². The molecule has 1 aliphatic heterocycles. The Bertz CT molecular complexity index is 1630. The molecule has 0 aliphatic carbocycles. The van der Waals surface area contributed by atoms with Gasteiger partial charge in [0.15, 0.2) is 5.82 Å². The number of aromatic nitrogens is 2. The quantitative estimate of drug-likeness (QED) is 0.176. The average Bonchev–Trinajstić information content (AvgIpc) is 3.43. The minimum Gasteiger partial charge on any atom is -0.444 e. The van der Waals surface area contributed by atoms with Crippen molar-refractivity contribution in [2.45, 2.75) is 110 Å². The number of nitrogens with one attached hydrogen (secondary N) is 3. The summed E-state index contributed by atoms with van der Waals surface area (Å²) < 4.78 is 13.1. The number of nitrogens with zero attached hydrogens (tertiary/aromatic N) is 3. The van der Waals surface area contributed by atoms with Crippen molar-refractivity contribution in [1.29, 1.82) is 0 Å². The van der Waals surface area contributed by atoms with Crippen LogP contribution in [0.5, 0.6) is 0 Å². The number of anilines is 1. The number of hydrogen-bond donors (Lipinski definition) is 3. The van der Waals surface area contributed by atoms with Crippen LogP contribution in [0, 0.1) is 12.8 Å². The fourth-order valence-corrected chi connectivity index (χ4v) is 6.05. The second-order valence-corrected chi connectivity index (χ2v) is 15.2. The second kappa shape index (κ2) is 18.2. The maximum atomic E-state index is 13.7. The zero-order valence-electron chi connectivity index (χ0n) is 31.7. The molecule has 1 fully saturated rings. The van der Waals surface area contributed by atoms with Crippen molar-refractivity contribution in [3.63, 3.8) is 0 Å². The lowest BCUT2D eigenvalue weighted by Gasteiger charge is -2.33. The molecule has 4 amide bonds. The first-order valence-corrected chi connectivity index (χ1v) is 18.2. The van der Waals surface area contributed by atoms with E-state index in [1.54, 1.807) is 27.0 Å². The Balaban J connectivity index is 1.40. The van der Waals surface area contributed by atoms with Gasteiger partial charge in [-0.15, -0.1) is 0 Å². The number of benzene rings is 2. The lowest BCUT2D eigenvalue weighted by Crippen LogP contribution is -2.59. The van der Waals surface area contributed by atoms with Crippen LogP contribution in [-0.4, -0.2) is 75.1 Å². The first-order valence-electron chi connectivity index (χ1n) is 18.2. The highest BCUT2D eigenvalue weighted by molar-refractivity contribution is 5.98. The Morgan fingerprint density at radius 2 is 1.58 bits per heavy atom. The molecular weight excluding hydrogens is 660 g/mol. The Labute approximate surface area is 308 Å². The molecule has 1 aliphatic rings. The molecule has 2 heterocycles. The van der Waals surface area contributed by atoms with E-state index >= 15 is 0 Å². The van der Waals surface area contributed by atoms with Crippen LogP contribution >= 0.6 is 0 Å². The summed E-state index contributed by atoms with van der Waals surface area (Å²) in [7, 11) is 0. The van der Waals surface area contributed by atoms with E-state index in [1.807, 2.05) is 77.1 Å². The lowest BCUT2D eigenvalue weighted by molar-refractivity contribution is -0.134. The van der Waals surface area contributed by atoms with Gasteiger partial charge in [-0.1, -0.05) is 67.6 Å². The zero-order valence-corrected chi connectivity index (χ0v) is 31.7. The number of rotatable bonds is 15. The predicted molar refractivity (Wildman–Crippen MR) is 200 cm³/mol. The number of alkyl carbamates (subject to hydrolysis) is 1. The van der Waals surface area contributed by atoms with Gasteiger partial charge in [-0.3, -0.25) is 14.4 Å².